The zero-order valence-electron chi connectivity index (χ0n) is 11.8. The Balaban J connectivity index is 2.38. The smallest absolute Gasteiger partial charge is 0.328 e. The second kappa shape index (κ2) is 5.30. The van der Waals surface area contributed by atoms with Gasteiger partial charge >= 0.3 is 5.69 Å². The van der Waals surface area contributed by atoms with E-state index in [1.54, 1.807) is 34.8 Å². The molecule has 2 rings (SSSR count). The van der Waals surface area contributed by atoms with Gasteiger partial charge in [0.1, 0.15) is 5.75 Å². The van der Waals surface area contributed by atoms with Crippen molar-refractivity contribution in [2.24, 2.45) is 0 Å². The summed E-state index contributed by atoms with van der Waals surface area (Å²) in [7, 11) is 1.65. The second-order valence-electron chi connectivity index (χ2n) is 4.54. The summed E-state index contributed by atoms with van der Waals surface area (Å²) in [5, 5.41) is 0. The Morgan fingerprint density at radius 3 is 2.53 bits per heavy atom. The zero-order chi connectivity index (χ0) is 14.0. The quantitative estimate of drug-likeness (QED) is 0.842. The summed E-state index contributed by atoms with van der Waals surface area (Å²) in [4.78, 5) is 16.4. The van der Waals surface area contributed by atoms with Gasteiger partial charge < -0.3 is 4.74 Å². The first-order valence-electron chi connectivity index (χ1n) is 6.33. The molecule has 5 heteroatoms. The fourth-order valence-corrected chi connectivity index (χ4v) is 2.21. The lowest BCUT2D eigenvalue weighted by molar-refractivity contribution is 0.406. The first kappa shape index (κ1) is 13.4. The summed E-state index contributed by atoms with van der Waals surface area (Å²) < 4.78 is 8.71. The minimum absolute atomic E-state index is 0.0109. The van der Waals surface area contributed by atoms with Gasteiger partial charge in [0.15, 0.2) is 0 Å². The highest BCUT2D eigenvalue weighted by atomic mass is 16.5. The maximum atomic E-state index is 12.0. The van der Waals surface area contributed by atoms with Crippen LogP contribution in [0.25, 0.3) is 0 Å². The van der Waals surface area contributed by atoms with Crippen LogP contribution in [0, 0.1) is 13.8 Å². The lowest BCUT2D eigenvalue weighted by Gasteiger charge is -2.12. The van der Waals surface area contributed by atoms with Crippen molar-refractivity contribution in [3.63, 3.8) is 0 Å². The summed E-state index contributed by atoms with van der Waals surface area (Å²) in [5.41, 5.74) is 2.84. The van der Waals surface area contributed by atoms with E-state index in [0.717, 1.165) is 22.6 Å². The van der Waals surface area contributed by atoms with Gasteiger partial charge in [0.25, 0.3) is 0 Å². The average Bonchev–Trinajstić information content (AvgIpc) is 2.74. The Morgan fingerprint density at radius 2 is 1.95 bits per heavy atom. The van der Waals surface area contributed by atoms with Crippen molar-refractivity contribution >= 4 is 0 Å². The van der Waals surface area contributed by atoms with Gasteiger partial charge in [-0.05, 0) is 20.8 Å². The Morgan fingerprint density at radius 1 is 1.26 bits per heavy atom. The normalized spacial score (nSPS) is 10.7. The van der Waals surface area contributed by atoms with E-state index in [0.29, 0.717) is 13.1 Å². The molecule has 0 atom stereocenters. The third kappa shape index (κ3) is 2.41. The van der Waals surface area contributed by atoms with Crippen molar-refractivity contribution in [3.8, 4) is 5.75 Å². The van der Waals surface area contributed by atoms with E-state index in [1.807, 2.05) is 20.8 Å². The van der Waals surface area contributed by atoms with Crippen LogP contribution in [-0.2, 0) is 13.1 Å². The van der Waals surface area contributed by atoms with Crippen LogP contribution in [0.2, 0.25) is 0 Å². The number of aryl methyl sites for hydroxylation is 2. The fourth-order valence-electron chi connectivity index (χ4n) is 2.21. The molecule has 0 bridgehead atoms. The predicted octanol–water partition coefficient (Wildman–Crippen LogP) is 1.74. The van der Waals surface area contributed by atoms with Gasteiger partial charge in [0.2, 0.25) is 0 Å². The van der Waals surface area contributed by atoms with Crippen molar-refractivity contribution in [2.75, 3.05) is 7.11 Å². The summed E-state index contributed by atoms with van der Waals surface area (Å²) >= 11 is 0. The molecular weight excluding hydrogens is 242 g/mol. The molecule has 0 unspecified atom stereocenters. The van der Waals surface area contributed by atoms with E-state index in [-0.39, 0.29) is 5.69 Å². The number of hydrogen-bond donors (Lipinski definition) is 0. The summed E-state index contributed by atoms with van der Waals surface area (Å²) in [6, 6.07) is 0. The van der Waals surface area contributed by atoms with Gasteiger partial charge in [-0.3, -0.25) is 14.1 Å². The SMILES string of the molecule is CCn1ccn(Cc2ncc(C)c(OC)c2C)c1=O. The number of methoxy groups -OCH3 is 1. The molecule has 0 amide bonds. The largest absolute Gasteiger partial charge is 0.496 e. The van der Waals surface area contributed by atoms with E-state index >= 15 is 0 Å². The maximum absolute atomic E-state index is 12.0. The van der Waals surface area contributed by atoms with Crippen molar-refractivity contribution in [2.45, 2.75) is 33.9 Å². The van der Waals surface area contributed by atoms with Crippen LogP contribution in [0.15, 0.2) is 23.4 Å². The van der Waals surface area contributed by atoms with Crippen molar-refractivity contribution < 1.29 is 4.74 Å². The molecule has 0 saturated carbocycles. The zero-order valence-corrected chi connectivity index (χ0v) is 11.8. The van der Waals surface area contributed by atoms with Crippen molar-refractivity contribution in [1.82, 2.24) is 14.1 Å². The van der Waals surface area contributed by atoms with E-state index in [1.165, 1.54) is 0 Å². The Kier molecular flexibility index (Phi) is 3.74. The molecule has 0 spiro atoms. The topological polar surface area (TPSA) is 49.0 Å². The lowest BCUT2D eigenvalue weighted by Crippen LogP contribution is -2.24. The standard InChI is InChI=1S/C14H19N3O2/c1-5-16-6-7-17(14(16)18)9-12-11(3)13(19-4)10(2)8-15-12/h6-8H,5,9H2,1-4H3. The summed E-state index contributed by atoms with van der Waals surface area (Å²) in [5.74, 6) is 0.841. The fraction of sp³-hybridized carbons (Fsp3) is 0.429. The van der Waals surface area contributed by atoms with Crippen LogP contribution in [0.4, 0.5) is 0 Å². The highest BCUT2D eigenvalue weighted by Crippen LogP contribution is 2.24. The van der Waals surface area contributed by atoms with Gasteiger partial charge in [-0.1, -0.05) is 0 Å². The molecular formula is C14H19N3O2. The van der Waals surface area contributed by atoms with Gasteiger partial charge in [-0.15, -0.1) is 0 Å². The van der Waals surface area contributed by atoms with E-state index < -0.39 is 0 Å². The monoisotopic (exact) mass is 261 g/mol. The average molecular weight is 261 g/mol. The third-order valence-electron chi connectivity index (χ3n) is 3.33. The molecule has 2 heterocycles. The highest BCUT2D eigenvalue weighted by molar-refractivity contribution is 5.41. The molecule has 102 valence electrons. The predicted molar refractivity (Wildman–Crippen MR) is 73.7 cm³/mol. The highest BCUT2D eigenvalue weighted by Gasteiger charge is 2.11. The van der Waals surface area contributed by atoms with Crippen molar-refractivity contribution in [1.29, 1.82) is 0 Å². The molecule has 19 heavy (non-hydrogen) atoms. The molecule has 2 aromatic heterocycles. The Hall–Kier alpha value is -2.04. The summed E-state index contributed by atoms with van der Waals surface area (Å²) in [6.45, 7) is 7.02. The Bertz CT molecular complexity index is 641. The molecule has 0 aliphatic heterocycles. The van der Waals surface area contributed by atoms with Crippen LogP contribution < -0.4 is 10.4 Å². The van der Waals surface area contributed by atoms with E-state index in [9.17, 15) is 4.79 Å². The molecule has 5 nitrogen and oxygen atoms in total. The Labute approximate surface area is 112 Å². The van der Waals surface area contributed by atoms with Crippen LogP contribution in [0.5, 0.6) is 5.75 Å². The van der Waals surface area contributed by atoms with Crippen LogP contribution in [-0.4, -0.2) is 21.2 Å². The minimum Gasteiger partial charge on any atom is -0.496 e. The van der Waals surface area contributed by atoms with Crippen LogP contribution in [0.3, 0.4) is 0 Å². The molecule has 0 N–H and O–H groups in total. The number of imidazole rings is 1. The van der Waals surface area contributed by atoms with Crippen LogP contribution in [0.1, 0.15) is 23.7 Å². The number of pyridine rings is 1. The van der Waals surface area contributed by atoms with Gasteiger partial charge in [0, 0.05) is 36.3 Å². The second-order valence-corrected chi connectivity index (χ2v) is 4.54. The van der Waals surface area contributed by atoms with Crippen LogP contribution >= 0.6 is 0 Å². The van der Waals surface area contributed by atoms with Crippen molar-refractivity contribution in [3.05, 3.63) is 45.9 Å². The lowest BCUT2D eigenvalue weighted by atomic mass is 10.1. The molecule has 0 radical (unpaired) electrons. The number of ether oxygens (including phenoxy) is 1. The molecule has 0 saturated heterocycles. The number of nitrogens with zero attached hydrogens (tertiary/aromatic N) is 3. The third-order valence-corrected chi connectivity index (χ3v) is 3.33. The van der Waals surface area contributed by atoms with E-state index in [2.05, 4.69) is 4.98 Å². The summed E-state index contributed by atoms with van der Waals surface area (Å²) in [6.07, 6.45) is 5.37. The number of aromatic nitrogens is 3. The van der Waals surface area contributed by atoms with Gasteiger partial charge in [-0.25, -0.2) is 4.79 Å². The molecule has 0 aromatic carbocycles. The number of hydrogen-bond acceptors (Lipinski definition) is 3. The maximum Gasteiger partial charge on any atom is 0.328 e. The molecule has 0 aliphatic carbocycles. The molecule has 2 aromatic rings. The van der Waals surface area contributed by atoms with Gasteiger partial charge in [0.05, 0.1) is 19.3 Å². The molecule has 0 aliphatic rings. The first-order valence-corrected chi connectivity index (χ1v) is 6.33. The van der Waals surface area contributed by atoms with E-state index in [4.69, 9.17) is 4.74 Å². The number of rotatable bonds is 4. The minimum atomic E-state index is -0.0109. The van der Waals surface area contributed by atoms with Gasteiger partial charge in [-0.2, -0.15) is 0 Å². The first-order chi connectivity index (χ1) is 9.08. The molecule has 0 fully saturated rings.